The maximum Gasteiger partial charge on any atom is 0.407 e. The highest BCUT2D eigenvalue weighted by Gasteiger charge is 2.37. The van der Waals surface area contributed by atoms with E-state index in [1.54, 1.807) is 4.68 Å². The van der Waals surface area contributed by atoms with Gasteiger partial charge in [-0.25, -0.2) is 4.79 Å². The van der Waals surface area contributed by atoms with Crippen molar-refractivity contribution in [2.24, 2.45) is 7.05 Å². The first kappa shape index (κ1) is 20.7. The number of nitrogens with zero attached hydrogens (tertiary/aromatic N) is 3. The molecule has 1 fully saturated rings. The van der Waals surface area contributed by atoms with Crippen LogP contribution in [0.4, 0.5) is 4.79 Å². The van der Waals surface area contributed by atoms with Crippen molar-refractivity contribution in [3.63, 3.8) is 0 Å². The summed E-state index contributed by atoms with van der Waals surface area (Å²) in [4.78, 5) is 12.8. The molecule has 0 saturated carbocycles. The van der Waals surface area contributed by atoms with Crippen LogP contribution in [0.3, 0.4) is 0 Å². The molecule has 0 aliphatic carbocycles. The molecule has 2 aromatic carbocycles. The number of amides is 1. The maximum atomic E-state index is 11.3. The molecule has 1 aliphatic heterocycles. The summed E-state index contributed by atoms with van der Waals surface area (Å²) in [6.07, 6.45) is 3.35. The van der Waals surface area contributed by atoms with Crippen LogP contribution in [0.2, 0.25) is 5.02 Å². The molecule has 7 heteroatoms. The molecule has 0 radical (unpaired) electrons. The van der Waals surface area contributed by atoms with Gasteiger partial charge in [0, 0.05) is 42.2 Å². The van der Waals surface area contributed by atoms with Crippen LogP contribution in [-0.2, 0) is 23.6 Å². The van der Waals surface area contributed by atoms with E-state index in [-0.39, 0.29) is 5.41 Å². The predicted molar refractivity (Wildman–Crippen MR) is 117 cm³/mol. The number of benzene rings is 2. The number of likely N-dealkylation sites (tertiary alicyclic amines) is 1. The lowest BCUT2D eigenvalue weighted by Crippen LogP contribution is -2.47. The number of carboxylic acid groups (broad SMARTS) is 1. The molecule has 1 aromatic heterocycles. The van der Waals surface area contributed by atoms with E-state index >= 15 is 0 Å². The van der Waals surface area contributed by atoms with Gasteiger partial charge in [-0.2, -0.15) is 5.10 Å². The van der Waals surface area contributed by atoms with Crippen molar-refractivity contribution in [2.75, 3.05) is 26.3 Å². The van der Waals surface area contributed by atoms with Crippen LogP contribution in [0.5, 0.6) is 0 Å². The third-order valence-electron chi connectivity index (χ3n) is 6.04. The summed E-state index contributed by atoms with van der Waals surface area (Å²) in [7, 11) is 1.90. The minimum Gasteiger partial charge on any atom is -0.465 e. The van der Waals surface area contributed by atoms with Gasteiger partial charge in [0.15, 0.2) is 0 Å². The Kier molecular flexibility index (Phi) is 5.97. The lowest BCUT2D eigenvalue weighted by molar-refractivity contribution is 0.0461. The van der Waals surface area contributed by atoms with Crippen molar-refractivity contribution in [3.05, 3.63) is 64.8 Å². The second-order valence-electron chi connectivity index (χ2n) is 8.02. The molecule has 158 valence electrons. The van der Waals surface area contributed by atoms with Gasteiger partial charge < -0.3 is 14.7 Å². The summed E-state index contributed by atoms with van der Waals surface area (Å²) in [5.74, 6) is 0. The van der Waals surface area contributed by atoms with Gasteiger partial charge in [0.25, 0.3) is 0 Å². The van der Waals surface area contributed by atoms with Crippen molar-refractivity contribution >= 4 is 28.6 Å². The number of hydrogen-bond acceptors (Lipinski definition) is 3. The fourth-order valence-corrected chi connectivity index (χ4v) is 4.61. The van der Waals surface area contributed by atoms with Gasteiger partial charge in [-0.15, -0.1) is 0 Å². The van der Waals surface area contributed by atoms with E-state index in [2.05, 4.69) is 17.2 Å². The zero-order valence-corrected chi connectivity index (χ0v) is 17.8. The van der Waals surface area contributed by atoms with E-state index in [9.17, 15) is 9.90 Å². The molecule has 2 heterocycles. The number of piperidine rings is 1. The van der Waals surface area contributed by atoms with Gasteiger partial charge in [-0.05, 0) is 42.5 Å². The first-order chi connectivity index (χ1) is 14.5. The highest BCUT2D eigenvalue weighted by Crippen LogP contribution is 2.36. The molecule has 6 nitrogen and oxygen atoms in total. The summed E-state index contributed by atoms with van der Waals surface area (Å²) >= 11 is 6.28. The highest BCUT2D eigenvalue weighted by atomic mass is 35.5. The second kappa shape index (κ2) is 8.66. The number of aryl methyl sites for hydroxylation is 1. The Labute approximate surface area is 181 Å². The molecule has 3 aromatic rings. The lowest BCUT2D eigenvalue weighted by atomic mass is 9.73. The third-order valence-corrected chi connectivity index (χ3v) is 6.26. The Morgan fingerprint density at radius 1 is 1.23 bits per heavy atom. The predicted octanol–water partition coefficient (Wildman–Crippen LogP) is 4.50. The van der Waals surface area contributed by atoms with Crippen molar-refractivity contribution in [2.45, 2.75) is 24.7 Å². The van der Waals surface area contributed by atoms with E-state index in [4.69, 9.17) is 16.3 Å². The number of halogens is 1. The molecule has 0 spiro atoms. The zero-order chi connectivity index (χ0) is 21.1. The van der Waals surface area contributed by atoms with Crippen LogP contribution in [0.15, 0.2) is 48.7 Å². The molecule has 0 unspecified atom stereocenters. The Balaban J connectivity index is 1.45. The van der Waals surface area contributed by atoms with E-state index in [0.29, 0.717) is 31.3 Å². The summed E-state index contributed by atoms with van der Waals surface area (Å²) in [6, 6.07) is 14.2. The molecule has 1 amide bonds. The highest BCUT2D eigenvalue weighted by molar-refractivity contribution is 6.31. The molecule has 4 rings (SSSR count). The van der Waals surface area contributed by atoms with Gasteiger partial charge in [-0.3, -0.25) is 4.68 Å². The first-order valence-electron chi connectivity index (χ1n) is 10.2. The monoisotopic (exact) mass is 427 g/mol. The van der Waals surface area contributed by atoms with Crippen LogP contribution in [0.1, 0.15) is 24.0 Å². The first-order valence-corrected chi connectivity index (χ1v) is 10.6. The minimum atomic E-state index is -0.849. The van der Waals surface area contributed by atoms with Crippen molar-refractivity contribution in [3.8, 4) is 0 Å². The molecule has 1 aliphatic rings. The quantitative estimate of drug-likeness (QED) is 0.588. The number of ether oxygens (including phenoxy) is 1. The van der Waals surface area contributed by atoms with Crippen LogP contribution in [-0.4, -0.2) is 52.2 Å². The molecule has 0 bridgehead atoms. The van der Waals surface area contributed by atoms with E-state index in [1.165, 1.54) is 10.5 Å². The number of rotatable bonds is 6. The van der Waals surface area contributed by atoms with Gasteiger partial charge >= 0.3 is 6.09 Å². The SMILES string of the molecule is Cn1cc2cc(Cl)cc(CCOCC3(c4ccccc4)CCN(C(=O)O)CC3)c2n1. The topological polar surface area (TPSA) is 67.6 Å². The Morgan fingerprint density at radius 2 is 1.97 bits per heavy atom. The van der Waals surface area contributed by atoms with Crippen LogP contribution in [0.25, 0.3) is 10.9 Å². The third kappa shape index (κ3) is 4.30. The van der Waals surface area contributed by atoms with E-state index in [0.717, 1.165) is 35.7 Å². The van der Waals surface area contributed by atoms with Gasteiger partial charge in [0.2, 0.25) is 0 Å². The van der Waals surface area contributed by atoms with Gasteiger partial charge in [0.1, 0.15) is 0 Å². The molecule has 1 saturated heterocycles. The lowest BCUT2D eigenvalue weighted by Gasteiger charge is -2.41. The van der Waals surface area contributed by atoms with Crippen LogP contribution in [0, 0.1) is 0 Å². The maximum absolute atomic E-state index is 11.3. The van der Waals surface area contributed by atoms with Gasteiger partial charge in [0.05, 0.1) is 18.7 Å². The largest absolute Gasteiger partial charge is 0.465 e. The molecule has 30 heavy (non-hydrogen) atoms. The summed E-state index contributed by atoms with van der Waals surface area (Å²) in [6.45, 7) is 2.17. The fourth-order valence-electron chi connectivity index (χ4n) is 4.36. The Bertz CT molecular complexity index is 1030. The normalized spacial score (nSPS) is 16.1. The average molecular weight is 428 g/mol. The minimum absolute atomic E-state index is 0.165. The Hall–Kier alpha value is -2.57. The van der Waals surface area contributed by atoms with Crippen LogP contribution < -0.4 is 0 Å². The fraction of sp³-hybridized carbons (Fsp3) is 0.391. The van der Waals surface area contributed by atoms with Crippen molar-refractivity contribution in [1.82, 2.24) is 14.7 Å². The zero-order valence-electron chi connectivity index (χ0n) is 17.1. The van der Waals surface area contributed by atoms with Gasteiger partial charge in [-0.1, -0.05) is 41.9 Å². The number of hydrogen-bond donors (Lipinski definition) is 1. The standard InChI is InChI=1S/C23H26ClN3O3/c1-26-15-18-14-20(24)13-17(21(18)25-26)7-12-30-16-23(19-5-3-2-4-6-19)8-10-27(11-9-23)22(28)29/h2-6,13-15H,7-12,16H2,1H3,(H,28,29). The Morgan fingerprint density at radius 3 is 2.67 bits per heavy atom. The smallest absolute Gasteiger partial charge is 0.407 e. The molecule has 1 N–H and O–H groups in total. The van der Waals surface area contributed by atoms with Crippen molar-refractivity contribution < 1.29 is 14.6 Å². The van der Waals surface area contributed by atoms with Crippen LogP contribution >= 0.6 is 11.6 Å². The number of fused-ring (bicyclic) bond motifs is 1. The van der Waals surface area contributed by atoms with E-state index < -0.39 is 6.09 Å². The molecular weight excluding hydrogens is 402 g/mol. The van der Waals surface area contributed by atoms with Crippen molar-refractivity contribution in [1.29, 1.82) is 0 Å². The van der Waals surface area contributed by atoms with E-state index in [1.807, 2.05) is 43.6 Å². The molecule has 0 atom stereocenters. The molecular formula is C23H26ClN3O3. The summed E-state index contributed by atoms with van der Waals surface area (Å²) in [5.41, 5.74) is 3.08. The average Bonchev–Trinajstić information content (AvgIpc) is 3.12. The summed E-state index contributed by atoms with van der Waals surface area (Å²) < 4.78 is 7.98. The summed E-state index contributed by atoms with van der Waals surface area (Å²) in [5, 5.41) is 15.6. The number of aromatic nitrogens is 2. The second-order valence-corrected chi connectivity index (χ2v) is 8.46. The number of carbonyl (C=O) groups is 1.